The number of anilines is 2. The molecule has 3 atom stereocenters. The third-order valence-corrected chi connectivity index (χ3v) is 8.63. The van der Waals surface area contributed by atoms with E-state index in [-0.39, 0.29) is 41.0 Å². The zero-order valence-electron chi connectivity index (χ0n) is 25.9. The van der Waals surface area contributed by atoms with Gasteiger partial charge < -0.3 is 30.5 Å². The van der Waals surface area contributed by atoms with Gasteiger partial charge in [-0.15, -0.1) is 11.8 Å². The highest BCUT2D eigenvalue weighted by Crippen LogP contribution is 2.37. The van der Waals surface area contributed by atoms with Gasteiger partial charge in [-0.3, -0.25) is 19.3 Å². The van der Waals surface area contributed by atoms with Gasteiger partial charge in [0, 0.05) is 63.6 Å². The van der Waals surface area contributed by atoms with Crippen molar-refractivity contribution in [2.24, 2.45) is 5.92 Å². The summed E-state index contributed by atoms with van der Waals surface area (Å²) >= 11 is 1.51. The number of nitrogens with one attached hydrogen (secondary N) is 3. The minimum absolute atomic E-state index is 0.0276. The van der Waals surface area contributed by atoms with Crippen molar-refractivity contribution in [1.29, 1.82) is 5.26 Å². The average Bonchev–Trinajstić information content (AvgIpc) is 3.24. The van der Waals surface area contributed by atoms with Gasteiger partial charge in [-0.1, -0.05) is 6.07 Å². The molecule has 2 saturated heterocycles. The van der Waals surface area contributed by atoms with Crippen LogP contribution in [0.25, 0.3) is 0 Å². The van der Waals surface area contributed by atoms with Crippen molar-refractivity contribution in [2.75, 3.05) is 63.0 Å². The van der Waals surface area contributed by atoms with Gasteiger partial charge in [0.15, 0.2) is 0 Å². The zero-order valence-corrected chi connectivity index (χ0v) is 26.7. The normalized spacial score (nSPS) is 19.9. The second-order valence-electron chi connectivity index (χ2n) is 11.6. The molecule has 43 heavy (non-hydrogen) atoms. The van der Waals surface area contributed by atoms with Gasteiger partial charge in [0.05, 0.1) is 23.2 Å². The third kappa shape index (κ3) is 10.3. The van der Waals surface area contributed by atoms with Crippen molar-refractivity contribution in [3.63, 3.8) is 0 Å². The second-order valence-corrected chi connectivity index (χ2v) is 13.0. The van der Waals surface area contributed by atoms with Crippen LogP contribution in [-0.4, -0.2) is 107 Å². The van der Waals surface area contributed by atoms with Crippen LogP contribution in [0.2, 0.25) is 0 Å². The lowest BCUT2D eigenvalue weighted by Gasteiger charge is -2.35. The van der Waals surface area contributed by atoms with Crippen LogP contribution in [0.4, 0.5) is 16.2 Å². The third-order valence-electron chi connectivity index (χ3n) is 7.10. The van der Waals surface area contributed by atoms with E-state index >= 15 is 0 Å². The summed E-state index contributed by atoms with van der Waals surface area (Å²) in [6.07, 6.45) is 0.557. The smallest absolute Gasteiger partial charge is 0.410 e. The lowest BCUT2D eigenvalue weighted by molar-refractivity contribution is -0.131. The molecule has 0 saturated carbocycles. The second kappa shape index (κ2) is 15.8. The van der Waals surface area contributed by atoms with Gasteiger partial charge in [0.1, 0.15) is 11.5 Å². The molecule has 0 aromatic heterocycles. The van der Waals surface area contributed by atoms with Crippen molar-refractivity contribution >= 4 is 47.0 Å². The molecule has 2 aliphatic heterocycles. The summed E-state index contributed by atoms with van der Waals surface area (Å²) in [5.41, 5.74) is 0.948. The molecule has 2 aliphatic rings. The Bertz CT molecular complexity index is 1180. The number of nitriles is 1. The number of ether oxygens (including phenoxy) is 1. The van der Waals surface area contributed by atoms with Crippen LogP contribution in [0.15, 0.2) is 24.3 Å². The fourth-order valence-electron chi connectivity index (χ4n) is 4.97. The summed E-state index contributed by atoms with van der Waals surface area (Å²) in [4.78, 5) is 55.7. The van der Waals surface area contributed by atoms with Crippen LogP contribution in [0, 0.1) is 17.2 Å². The van der Waals surface area contributed by atoms with Crippen LogP contribution >= 0.6 is 11.8 Å². The van der Waals surface area contributed by atoms with Gasteiger partial charge in [-0.25, -0.2) is 4.79 Å². The molecular weight excluding hydrogens is 570 g/mol. The standard InChI is InChI=1S/C30H45N7O5S/c1-6-32-27(39)21(19-31)17-26-37(7-2)28(40)24(43-26)11-12-33-22-9-8-10-23(18-22)34-25(38)20-35-13-15-36(16-14-35)29(41)42-30(3,4)5/h8-10,18,21,24,26,33H,6-7,11-17,20H2,1-5H3,(H,32,39)(H,34,38). The predicted molar refractivity (Wildman–Crippen MR) is 167 cm³/mol. The highest BCUT2D eigenvalue weighted by Gasteiger charge is 2.40. The Labute approximate surface area is 258 Å². The van der Waals surface area contributed by atoms with Gasteiger partial charge in [0.25, 0.3) is 0 Å². The van der Waals surface area contributed by atoms with E-state index in [1.807, 2.05) is 63.8 Å². The summed E-state index contributed by atoms with van der Waals surface area (Å²) < 4.78 is 5.43. The lowest BCUT2D eigenvalue weighted by Crippen LogP contribution is -2.51. The number of carbonyl (C=O) groups excluding carboxylic acids is 4. The lowest BCUT2D eigenvalue weighted by atomic mass is 10.1. The van der Waals surface area contributed by atoms with Crippen LogP contribution in [-0.2, 0) is 19.1 Å². The molecule has 2 heterocycles. The van der Waals surface area contributed by atoms with E-state index in [9.17, 15) is 24.4 Å². The van der Waals surface area contributed by atoms with Crippen LogP contribution in [0.1, 0.15) is 47.5 Å². The molecule has 1 aromatic carbocycles. The van der Waals surface area contributed by atoms with E-state index in [0.717, 1.165) is 5.69 Å². The fourth-order valence-corrected chi connectivity index (χ4v) is 6.56. The van der Waals surface area contributed by atoms with E-state index in [4.69, 9.17) is 4.74 Å². The maximum Gasteiger partial charge on any atom is 0.410 e. The minimum Gasteiger partial charge on any atom is -0.444 e. The number of thioether (sulfide) groups is 1. The molecule has 2 fully saturated rings. The first kappa shape index (κ1) is 34.0. The SMILES string of the molecule is CCNC(=O)C(C#N)CC1SC(CCNc2cccc(NC(=O)CN3CCN(C(=O)OC(C)(C)C)CC3)c2)C(=O)N1CC. The number of rotatable bonds is 12. The fraction of sp³-hybridized carbons (Fsp3) is 0.633. The first-order valence-electron chi connectivity index (χ1n) is 14.9. The quantitative estimate of drug-likeness (QED) is 0.323. The Balaban J connectivity index is 1.44. The number of carbonyl (C=O) groups is 4. The number of piperazine rings is 1. The minimum atomic E-state index is -0.795. The molecule has 3 rings (SSSR count). The first-order chi connectivity index (χ1) is 20.4. The Morgan fingerprint density at radius 1 is 1.14 bits per heavy atom. The molecule has 0 spiro atoms. The van der Waals surface area contributed by atoms with Crippen molar-refractivity contribution < 1.29 is 23.9 Å². The van der Waals surface area contributed by atoms with Crippen LogP contribution < -0.4 is 16.0 Å². The maximum absolute atomic E-state index is 13.0. The monoisotopic (exact) mass is 615 g/mol. The Morgan fingerprint density at radius 2 is 1.84 bits per heavy atom. The number of hydrogen-bond donors (Lipinski definition) is 3. The molecule has 236 valence electrons. The highest BCUT2D eigenvalue weighted by atomic mass is 32.2. The predicted octanol–water partition coefficient (Wildman–Crippen LogP) is 2.94. The Morgan fingerprint density at radius 3 is 2.47 bits per heavy atom. The van der Waals surface area contributed by atoms with Gasteiger partial charge in [-0.05, 0) is 59.2 Å². The van der Waals surface area contributed by atoms with Crippen LogP contribution in [0.3, 0.4) is 0 Å². The topological polar surface area (TPSA) is 147 Å². The number of amides is 4. The summed E-state index contributed by atoms with van der Waals surface area (Å²) in [7, 11) is 0. The van der Waals surface area contributed by atoms with Crippen molar-refractivity contribution in [3.8, 4) is 6.07 Å². The first-order valence-corrected chi connectivity index (χ1v) is 15.9. The molecule has 4 amide bonds. The largest absolute Gasteiger partial charge is 0.444 e. The number of nitrogens with zero attached hydrogens (tertiary/aromatic N) is 4. The van der Waals surface area contributed by atoms with E-state index < -0.39 is 11.5 Å². The zero-order chi connectivity index (χ0) is 31.6. The summed E-state index contributed by atoms with van der Waals surface area (Å²) in [6, 6.07) is 9.51. The molecular formula is C30H45N7O5S. The van der Waals surface area contributed by atoms with Gasteiger partial charge >= 0.3 is 6.09 Å². The maximum atomic E-state index is 13.0. The van der Waals surface area contributed by atoms with E-state index in [2.05, 4.69) is 22.0 Å². The Kier molecular flexibility index (Phi) is 12.5. The van der Waals surface area contributed by atoms with Gasteiger partial charge in [0.2, 0.25) is 17.7 Å². The Hall–Kier alpha value is -3.50. The molecule has 3 N–H and O–H groups in total. The summed E-state index contributed by atoms with van der Waals surface area (Å²) in [5, 5.41) is 18.0. The van der Waals surface area contributed by atoms with E-state index in [1.54, 1.807) is 9.80 Å². The highest BCUT2D eigenvalue weighted by molar-refractivity contribution is 8.01. The molecule has 3 unspecified atom stereocenters. The number of hydrogen-bond acceptors (Lipinski definition) is 9. The molecule has 1 aromatic rings. The van der Waals surface area contributed by atoms with E-state index in [1.165, 1.54) is 11.8 Å². The van der Waals surface area contributed by atoms with Crippen molar-refractivity contribution in [3.05, 3.63) is 24.3 Å². The molecule has 13 heteroatoms. The summed E-state index contributed by atoms with van der Waals surface area (Å²) in [5.74, 6) is -1.20. The molecule has 12 nitrogen and oxygen atoms in total. The average molecular weight is 616 g/mol. The number of benzene rings is 1. The molecule has 0 bridgehead atoms. The molecule has 0 radical (unpaired) electrons. The van der Waals surface area contributed by atoms with E-state index in [0.29, 0.717) is 64.3 Å². The van der Waals surface area contributed by atoms with Crippen molar-refractivity contribution in [1.82, 2.24) is 20.0 Å². The van der Waals surface area contributed by atoms with Gasteiger partial charge in [-0.2, -0.15) is 5.26 Å². The molecule has 0 aliphatic carbocycles. The van der Waals surface area contributed by atoms with Crippen LogP contribution in [0.5, 0.6) is 0 Å². The summed E-state index contributed by atoms with van der Waals surface area (Å²) in [6.45, 7) is 13.2. The van der Waals surface area contributed by atoms with Crippen molar-refractivity contribution in [2.45, 2.75) is 63.7 Å².